The van der Waals surface area contributed by atoms with Crippen molar-refractivity contribution in [2.24, 2.45) is 5.92 Å². The summed E-state index contributed by atoms with van der Waals surface area (Å²) in [5.74, 6) is -2.26. The van der Waals surface area contributed by atoms with Gasteiger partial charge in [-0.05, 0) is 44.0 Å². The molecule has 1 saturated heterocycles. The van der Waals surface area contributed by atoms with Crippen LogP contribution in [-0.4, -0.2) is 66.9 Å². The van der Waals surface area contributed by atoms with Crippen molar-refractivity contribution in [3.05, 3.63) is 23.8 Å². The van der Waals surface area contributed by atoms with E-state index in [0.717, 1.165) is 49.5 Å². The van der Waals surface area contributed by atoms with Crippen molar-refractivity contribution < 1.29 is 38.8 Å². The predicted octanol–water partition coefficient (Wildman–Crippen LogP) is 1.63. The summed E-state index contributed by atoms with van der Waals surface area (Å²) in [6, 6.07) is 5.95. The van der Waals surface area contributed by atoms with Crippen LogP contribution in [0.3, 0.4) is 0 Å². The summed E-state index contributed by atoms with van der Waals surface area (Å²) in [6.07, 6.45) is 1.94. The molecule has 1 unspecified atom stereocenters. The first-order chi connectivity index (χ1) is 13.3. The lowest BCUT2D eigenvalue weighted by atomic mass is 9.97. The predicted molar refractivity (Wildman–Crippen MR) is 99.5 cm³/mol. The van der Waals surface area contributed by atoms with Gasteiger partial charge in [0.15, 0.2) is 11.5 Å². The number of nitrogens with zero attached hydrogens (tertiary/aromatic N) is 1. The normalized spacial score (nSPS) is 16.3. The zero-order valence-electron chi connectivity index (χ0n) is 16.3. The average Bonchev–Trinajstić information content (AvgIpc) is 2.68. The Bertz CT molecular complexity index is 664. The number of rotatable bonds is 6. The van der Waals surface area contributed by atoms with Crippen LogP contribution in [0.15, 0.2) is 18.2 Å². The van der Waals surface area contributed by atoms with Crippen LogP contribution < -0.4 is 9.47 Å². The maximum absolute atomic E-state index is 11.9. The molecular formula is C19H27NO8. The van der Waals surface area contributed by atoms with Gasteiger partial charge in [0.2, 0.25) is 0 Å². The highest BCUT2D eigenvalue weighted by atomic mass is 16.5. The van der Waals surface area contributed by atoms with Crippen LogP contribution in [0.25, 0.3) is 0 Å². The van der Waals surface area contributed by atoms with Crippen LogP contribution in [0, 0.1) is 5.92 Å². The molecule has 1 aliphatic heterocycles. The third-order valence-corrected chi connectivity index (χ3v) is 4.16. The summed E-state index contributed by atoms with van der Waals surface area (Å²) in [6.45, 7) is 4.86. The molecule has 1 heterocycles. The molecule has 0 amide bonds. The topological polar surface area (TPSA) is 123 Å². The summed E-state index contributed by atoms with van der Waals surface area (Å²) in [5.41, 5.74) is 1.15. The van der Waals surface area contributed by atoms with Gasteiger partial charge in [-0.3, -0.25) is 9.69 Å². The molecule has 0 spiro atoms. The van der Waals surface area contributed by atoms with Crippen LogP contribution in [0.5, 0.6) is 11.5 Å². The number of carboxylic acid groups (broad SMARTS) is 2. The number of aliphatic carboxylic acids is 2. The van der Waals surface area contributed by atoms with Crippen molar-refractivity contribution in [2.75, 3.05) is 33.9 Å². The molecule has 9 heteroatoms. The summed E-state index contributed by atoms with van der Waals surface area (Å²) < 4.78 is 15.7. The fourth-order valence-corrected chi connectivity index (χ4v) is 2.89. The number of carbonyl (C=O) groups is 3. The van der Waals surface area contributed by atoms with E-state index >= 15 is 0 Å². The summed E-state index contributed by atoms with van der Waals surface area (Å²) in [5, 5.41) is 14.8. The number of carboxylic acids is 2. The minimum absolute atomic E-state index is 0.00570. The van der Waals surface area contributed by atoms with E-state index in [1.807, 2.05) is 25.1 Å². The first-order valence-corrected chi connectivity index (χ1v) is 8.88. The highest BCUT2D eigenvalue weighted by Crippen LogP contribution is 2.29. The fraction of sp³-hybridized carbons (Fsp3) is 0.526. The number of benzene rings is 1. The molecular weight excluding hydrogens is 370 g/mol. The number of methoxy groups -OCH3 is 2. The molecule has 0 saturated carbocycles. The molecule has 0 aromatic heterocycles. The van der Waals surface area contributed by atoms with E-state index < -0.39 is 11.9 Å². The number of esters is 1. The van der Waals surface area contributed by atoms with Crippen molar-refractivity contribution in [1.29, 1.82) is 0 Å². The molecule has 1 aliphatic rings. The minimum atomic E-state index is -1.82. The van der Waals surface area contributed by atoms with Crippen LogP contribution in [0.2, 0.25) is 0 Å². The van der Waals surface area contributed by atoms with Crippen molar-refractivity contribution in [3.63, 3.8) is 0 Å². The Morgan fingerprint density at radius 2 is 1.75 bits per heavy atom. The summed E-state index contributed by atoms with van der Waals surface area (Å²) in [7, 11) is 3.27. The van der Waals surface area contributed by atoms with E-state index in [-0.39, 0.29) is 11.9 Å². The Hall–Kier alpha value is -2.81. The van der Waals surface area contributed by atoms with E-state index in [1.165, 1.54) is 0 Å². The third kappa shape index (κ3) is 7.43. The van der Waals surface area contributed by atoms with Gasteiger partial charge in [0, 0.05) is 13.1 Å². The smallest absolute Gasteiger partial charge is 0.414 e. The molecule has 28 heavy (non-hydrogen) atoms. The molecule has 9 nitrogen and oxygen atoms in total. The molecule has 1 aromatic rings. The van der Waals surface area contributed by atoms with Gasteiger partial charge in [-0.1, -0.05) is 6.07 Å². The lowest BCUT2D eigenvalue weighted by molar-refractivity contribution is -0.159. The van der Waals surface area contributed by atoms with Crippen LogP contribution in [-0.2, 0) is 25.7 Å². The molecule has 156 valence electrons. The van der Waals surface area contributed by atoms with Crippen LogP contribution in [0.1, 0.15) is 25.3 Å². The second-order valence-corrected chi connectivity index (χ2v) is 6.13. The Morgan fingerprint density at radius 3 is 2.29 bits per heavy atom. The maximum Gasteiger partial charge on any atom is 0.414 e. The van der Waals surface area contributed by atoms with E-state index in [0.29, 0.717) is 6.61 Å². The molecule has 0 bridgehead atoms. The van der Waals surface area contributed by atoms with Gasteiger partial charge < -0.3 is 24.4 Å². The standard InChI is InChI=1S/C17H25NO4.C2H2O4/c1-4-22-17(19)14-6-5-9-18(12-14)11-13-7-8-15(20-2)16(10-13)21-3;3-1(4)2(5)6/h7-8,10,14H,4-6,9,11-12H2,1-3H3;(H,3,4)(H,5,6). The van der Waals surface area contributed by atoms with Crippen LogP contribution >= 0.6 is 0 Å². The molecule has 1 fully saturated rings. The second-order valence-electron chi connectivity index (χ2n) is 6.13. The van der Waals surface area contributed by atoms with Crippen molar-refractivity contribution >= 4 is 17.9 Å². The second kappa shape index (κ2) is 11.8. The quantitative estimate of drug-likeness (QED) is 0.544. The number of ether oxygens (including phenoxy) is 3. The average molecular weight is 397 g/mol. The summed E-state index contributed by atoms with van der Waals surface area (Å²) >= 11 is 0. The fourth-order valence-electron chi connectivity index (χ4n) is 2.89. The SMILES string of the molecule is CCOC(=O)C1CCCN(Cc2ccc(OC)c(OC)c2)C1.O=C(O)C(=O)O. The highest BCUT2D eigenvalue weighted by Gasteiger charge is 2.26. The number of piperidine rings is 1. The van der Waals surface area contributed by atoms with Gasteiger partial charge in [-0.15, -0.1) is 0 Å². The van der Waals surface area contributed by atoms with Crippen LogP contribution in [0.4, 0.5) is 0 Å². The molecule has 2 N–H and O–H groups in total. The zero-order chi connectivity index (χ0) is 21.1. The van der Waals surface area contributed by atoms with E-state index in [2.05, 4.69) is 4.90 Å². The third-order valence-electron chi connectivity index (χ3n) is 4.16. The Labute approximate surface area is 163 Å². The Balaban J connectivity index is 0.000000568. The van der Waals surface area contributed by atoms with Gasteiger partial charge in [0.1, 0.15) is 0 Å². The van der Waals surface area contributed by atoms with Crippen molar-refractivity contribution in [3.8, 4) is 11.5 Å². The van der Waals surface area contributed by atoms with Gasteiger partial charge in [-0.25, -0.2) is 9.59 Å². The highest BCUT2D eigenvalue weighted by molar-refractivity contribution is 6.27. The number of carbonyl (C=O) groups excluding carboxylic acids is 1. The zero-order valence-corrected chi connectivity index (χ0v) is 16.3. The Kier molecular flexibility index (Phi) is 9.80. The van der Waals surface area contributed by atoms with Crippen molar-refractivity contribution in [1.82, 2.24) is 4.90 Å². The largest absolute Gasteiger partial charge is 0.493 e. The van der Waals surface area contributed by atoms with E-state index in [9.17, 15) is 4.79 Å². The molecule has 2 rings (SSSR count). The maximum atomic E-state index is 11.9. The van der Waals surface area contributed by atoms with Gasteiger partial charge in [0.05, 0.1) is 26.7 Å². The number of hydrogen-bond donors (Lipinski definition) is 2. The number of hydrogen-bond acceptors (Lipinski definition) is 7. The molecule has 1 atom stereocenters. The minimum Gasteiger partial charge on any atom is -0.493 e. The van der Waals surface area contributed by atoms with Gasteiger partial charge in [0.25, 0.3) is 0 Å². The summed E-state index contributed by atoms with van der Waals surface area (Å²) in [4.78, 5) is 32.4. The monoisotopic (exact) mass is 397 g/mol. The Morgan fingerprint density at radius 1 is 1.11 bits per heavy atom. The van der Waals surface area contributed by atoms with E-state index in [1.54, 1.807) is 14.2 Å². The first-order valence-electron chi connectivity index (χ1n) is 8.88. The lowest BCUT2D eigenvalue weighted by Crippen LogP contribution is -2.38. The lowest BCUT2D eigenvalue weighted by Gasteiger charge is -2.31. The first kappa shape index (κ1) is 23.2. The van der Waals surface area contributed by atoms with Gasteiger partial charge in [-0.2, -0.15) is 0 Å². The van der Waals surface area contributed by atoms with Gasteiger partial charge >= 0.3 is 17.9 Å². The molecule has 1 aromatic carbocycles. The molecule has 0 aliphatic carbocycles. The van der Waals surface area contributed by atoms with E-state index in [4.69, 9.17) is 34.0 Å². The molecule has 0 radical (unpaired) electrons. The van der Waals surface area contributed by atoms with Crippen molar-refractivity contribution in [2.45, 2.75) is 26.3 Å². The number of likely N-dealkylation sites (tertiary alicyclic amines) is 1.